The molecule has 0 nitrogen and oxygen atoms in total. The first-order valence-corrected chi connectivity index (χ1v) is 7.45. The summed E-state index contributed by atoms with van der Waals surface area (Å²) < 4.78 is 0. The number of halogens is 1. The fourth-order valence-electron chi connectivity index (χ4n) is 2.95. The number of allylic oxidation sites excluding steroid dienone is 2. The number of aryl methyl sites for hydroxylation is 2. The van der Waals surface area contributed by atoms with E-state index in [1.54, 1.807) is 0 Å². The van der Waals surface area contributed by atoms with Gasteiger partial charge >= 0.3 is 0 Å². The van der Waals surface area contributed by atoms with Crippen LogP contribution in [0.25, 0.3) is 5.57 Å². The van der Waals surface area contributed by atoms with Gasteiger partial charge in [-0.15, -0.1) is 0 Å². The molecule has 18 heavy (non-hydrogen) atoms. The van der Waals surface area contributed by atoms with Crippen molar-refractivity contribution < 1.29 is 0 Å². The quantitative estimate of drug-likeness (QED) is 0.632. The van der Waals surface area contributed by atoms with Crippen molar-refractivity contribution in [1.29, 1.82) is 0 Å². The average molecular weight is 263 g/mol. The van der Waals surface area contributed by atoms with E-state index in [9.17, 15) is 0 Å². The molecule has 1 atom stereocenters. The molecule has 1 heteroatoms. The second-order valence-corrected chi connectivity index (χ2v) is 5.96. The van der Waals surface area contributed by atoms with Gasteiger partial charge in [0.15, 0.2) is 0 Å². The fraction of sp³-hybridized carbons (Fsp3) is 0.529. The lowest BCUT2D eigenvalue weighted by Gasteiger charge is -2.22. The van der Waals surface area contributed by atoms with E-state index < -0.39 is 0 Å². The molecule has 0 N–H and O–H groups in total. The van der Waals surface area contributed by atoms with Crippen LogP contribution in [-0.4, -0.2) is 0 Å². The van der Waals surface area contributed by atoms with Crippen molar-refractivity contribution in [2.45, 2.75) is 52.9 Å². The first kappa shape index (κ1) is 13.7. The van der Waals surface area contributed by atoms with Gasteiger partial charge in [0, 0.05) is 5.02 Å². The Morgan fingerprint density at radius 2 is 1.89 bits per heavy atom. The van der Waals surface area contributed by atoms with E-state index in [1.165, 1.54) is 54.4 Å². The normalized spacial score (nSPS) is 19.8. The molecule has 1 unspecified atom stereocenters. The summed E-state index contributed by atoms with van der Waals surface area (Å²) in [6, 6.07) is 4.47. The third-order valence-electron chi connectivity index (χ3n) is 4.02. The minimum Gasteiger partial charge on any atom is -0.0838 e. The first-order valence-electron chi connectivity index (χ1n) is 7.08. The Kier molecular flexibility index (Phi) is 4.50. The van der Waals surface area contributed by atoms with Crippen LogP contribution in [0.1, 0.15) is 55.7 Å². The van der Waals surface area contributed by atoms with Gasteiger partial charge < -0.3 is 0 Å². The Hall–Kier alpha value is -0.750. The van der Waals surface area contributed by atoms with Crippen molar-refractivity contribution in [3.8, 4) is 0 Å². The van der Waals surface area contributed by atoms with Crippen LogP contribution in [0.15, 0.2) is 18.2 Å². The third-order valence-corrected chi connectivity index (χ3v) is 4.62. The highest BCUT2D eigenvalue weighted by Gasteiger charge is 2.15. The van der Waals surface area contributed by atoms with Gasteiger partial charge in [-0.25, -0.2) is 0 Å². The van der Waals surface area contributed by atoms with Gasteiger partial charge in [0.2, 0.25) is 0 Å². The van der Waals surface area contributed by atoms with E-state index in [0.29, 0.717) is 0 Å². The molecule has 1 aromatic carbocycles. The van der Waals surface area contributed by atoms with Crippen LogP contribution >= 0.6 is 11.6 Å². The van der Waals surface area contributed by atoms with Gasteiger partial charge in [-0.3, -0.25) is 0 Å². The van der Waals surface area contributed by atoms with Gasteiger partial charge in [-0.2, -0.15) is 0 Å². The highest BCUT2D eigenvalue weighted by molar-refractivity contribution is 6.32. The monoisotopic (exact) mass is 262 g/mol. The SMILES string of the molecule is CCCC1CC=C(c2cc(C)c(Cl)c(C)c2)CC1. The maximum absolute atomic E-state index is 6.23. The highest BCUT2D eigenvalue weighted by atomic mass is 35.5. The van der Waals surface area contributed by atoms with Crippen LogP contribution in [-0.2, 0) is 0 Å². The lowest BCUT2D eigenvalue weighted by Crippen LogP contribution is -2.05. The average Bonchev–Trinajstić information content (AvgIpc) is 2.37. The molecule has 0 aliphatic heterocycles. The van der Waals surface area contributed by atoms with Crippen LogP contribution in [0.3, 0.4) is 0 Å². The fourth-order valence-corrected chi connectivity index (χ4v) is 3.06. The maximum Gasteiger partial charge on any atom is 0.0464 e. The summed E-state index contributed by atoms with van der Waals surface area (Å²) in [6.45, 7) is 6.48. The predicted molar refractivity (Wildman–Crippen MR) is 81.2 cm³/mol. The van der Waals surface area contributed by atoms with Crippen molar-refractivity contribution in [1.82, 2.24) is 0 Å². The van der Waals surface area contributed by atoms with Crippen molar-refractivity contribution in [3.05, 3.63) is 39.9 Å². The number of rotatable bonds is 3. The second-order valence-electron chi connectivity index (χ2n) is 5.58. The molecule has 0 fully saturated rings. The lowest BCUT2D eigenvalue weighted by molar-refractivity contribution is 0.445. The summed E-state index contributed by atoms with van der Waals surface area (Å²) in [6.07, 6.45) is 8.97. The molecule has 1 aliphatic rings. The van der Waals surface area contributed by atoms with E-state index in [4.69, 9.17) is 11.6 Å². The van der Waals surface area contributed by atoms with Gasteiger partial charge in [-0.05, 0) is 61.3 Å². The number of hydrogen-bond donors (Lipinski definition) is 0. The van der Waals surface area contributed by atoms with Crippen molar-refractivity contribution in [2.24, 2.45) is 5.92 Å². The van der Waals surface area contributed by atoms with E-state index in [0.717, 1.165) is 10.9 Å². The van der Waals surface area contributed by atoms with Crippen LogP contribution < -0.4 is 0 Å². The van der Waals surface area contributed by atoms with Crippen LogP contribution in [0.4, 0.5) is 0 Å². The third kappa shape index (κ3) is 2.98. The molecule has 1 aromatic rings. The summed E-state index contributed by atoms with van der Waals surface area (Å²) in [4.78, 5) is 0. The summed E-state index contributed by atoms with van der Waals surface area (Å²) in [5.74, 6) is 0.910. The molecule has 0 saturated carbocycles. The Bertz CT molecular complexity index is 434. The molecule has 0 radical (unpaired) electrons. The van der Waals surface area contributed by atoms with Crippen LogP contribution in [0.2, 0.25) is 5.02 Å². The molecular formula is C17H23Cl. The van der Waals surface area contributed by atoms with Crippen molar-refractivity contribution >= 4 is 17.2 Å². The van der Waals surface area contributed by atoms with Crippen molar-refractivity contribution in [2.75, 3.05) is 0 Å². The zero-order valence-electron chi connectivity index (χ0n) is 11.7. The van der Waals surface area contributed by atoms with Gasteiger partial charge in [0.25, 0.3) is 0 Å². The molecule has 0 amide bonds. The van der Waals surface area contributed by atoms with Crippen molar-refractivity contribution in [3.63, 3.8) is 0 Å². The first-order chi connectivity index (χ1) is 8.61. The van der Waals surface area contributed by atoms with Gasteiger partial charge in [-0.1, -0.05) is 49.6 Å². The topological polar surface area (TPSA) is 0 Å². The summed E-state index contributed by atoms with van der Waals surface area (Å²) in [5.41, 5.74) is 5.29. The molecule has 0 heterocycles. The summed E-state index contributed by atoms with van der Waals surface area (Å²) in [7, 11) is 0. The Morgan fingerprint density at radius 1 is 1.22 bits per heavy atom. The Labute approximate surface area is 116 Å². The zero-order chi connectivity index (χ0) is 13.1. The Morgan fingerprint density at radius 3 is 2.39 bits per heavy atom. The molecule has 0 saturated heterocycles. The van der Waals surface area contributed by atoms with E-state index >= 15 is 0 Å². The smallest absolute Gasteiger partial charge is 0.0464 e. The highest BCUT2D eigenvalue weighted by Crippen LogP contribution is 2.34. The summed E-state index contributed by atoms with van der Waals surface area (Å²) >= 11 is 6.23. The molecule has 2 rings (SSSR count). The maximum atomic E-state index is 6.23. The van der Waals surface area contributed by atoms with Gasteiger partial charge in [0.05, 0.1) is 0 Å². The minimum absolute atomic E-state index is 0.910. The molecule has 0 spiro atoms. The largest absolute Gasteiger partial charge is 0.0838 e. The Balaban J connectivity index is 2.18. The van der Waals surface area contributed by atoms with E-state index in [-0.39, 0.29) is 0 Å². The summed E-state index contributed by atoms with van der Waals surface area (Å²) in [5, 5.41) is 0.916. The number of benzene rings is 1. The van der Waals surface area contributed by atoms with Gasteiger partial charge in [0.1, 0.15) is 0 Å². The van der Waals surface area contributed by atoms with E-state index in [1.807, 2.05) is 0 Å². The minimum atomic E-state index is 0.910. The van der Waals surface area contributed by atoms with E-state index in [2.05, 4.69) is 39.0 Å². The molecular weight excluding hydrogens is 240 g/mol. The molecule has 0 aromatic heterocycles. The molecule has 0 bridgehead atoms. The number of hydrogen-bond acceptors (Lipinski definition) is 0. The lowest BCUT2D eigenvalue weighted by atomic mass is 9.84. The molecule has 98 valence electrons. The predicted octanol–water partition coefficient (Wildman–Crippen LogP) is 5.94. The molecule has 1 aliphatic carbocycles. The second kappa shape index (κ2) is 5.93. The zero-order valence-corrected chi connectivity index (χ0v) is 12.5. The van der Waals surface area contributed by atoms with Crippen LogP contribution in [0, 0.1) is 19.8 Å². The van der Waals surface area contributed by atoms with Crippen LogP contribution in [0.5, 0.6) is 0 Å². The standard InChI is InChI=1S/C17H23Cl/c1-4-5-14-6-8-15(9-7-14)16-10-12(2)17(18)13(3)11-16/h8,10-11,14H,4-7,9H2,1-3H3.